The fourth-order valence-electron chi connectivity index (χ4n) is 1.62. The van der Waals surface area contributed by atoms with E-state index in [2.05, 4.69) is 6.92 Å². The number of hydrogen-bond acceptors (Lipinski definition) is 3. The maximum absolute atomic E-state index is 11.6. The van der Waals surface area contributed by atoms with Crippen LogP contribution in [0.1, 0.15) is 46.0 Å². The molecule has 2 atom stereocenters. The van der Waals surface area contributed by atoms with Crippen LogP contribution in [0.2, 0.25) is 0 Å². The van der Waals surface area contributed by atoms with Crippen molar-refractivity contribution in [3.8, 4) is 5.75 Å². The van der Waals surface area contributed by atoms with Crippen LogP contribution in [-0.2, 0) is 15.5 Å². The van der Waals surface area contributed by atoms with Gasteiger partial charge in [0.15, 0.2) is 0 Å². The normalized spacial score (nSPS) is 14.1. The van der Waals surface area contributed by atoms with Gasteiger partial charge in [0, 0.05) is 0 Å². The lowest BCUT2D eigenvalue weighted by Crippen LogP contribution is -2.14. The Morgan fingerprint density at radius 2 is 1.89 bits per heavy atom. The van der Waals surface area contributed by atoms with E-state index in [0.29, 0.717) is 5.75 Å². The highest BCUT2D eigenvalue weighted by Crippen LogP contribution is 2.13. The second kappa shape index (κ2) is 9.11. The van der Waals surface area contributed by atoms with Crippen LogP contribution in [0.5, 0.6) is 5.75 Å². The van der Waals surface area contributed by atoms with Gasteiger partial charge in [0.25, 0.3) is 0 Å². The minimum Gasteiger partial charge on any atom is -0.380 e. The predicted octanol–water partition coefficient (Wildman–Crippen LogP) is 4.02. The van der Waals surface area contributed by atoms with E-state index in [9.17, 15) is 4.21 Å². The largest absolute Gasteiger partial charge is 0.380 e. The summed E-state index contributed by atoms with van der Waals surface area (Å²) in [5.41, 5.74) is 0. The summed E-state index contributed by atoms with van der Waals surface area (Å²) >= 11 is -1.71. The number of unbranched alkanes of at least 4 members (excludes halogenated alkanes) is 3. The van der Waals surface area contributed by atoms with Crippen LogP contribution in [0.3, 0.4) is 0 Å². The number of benzene rings is 1. The van der Waals surface area contributed by atoms with Gasteiger partial charge in [-0.2, -0.15) is 4.21 Å². The van der Waals surface area contributed by atoms with E-state index in [-0.39, 0.29) is 6.10 Å². The van der Waals surface area contributed by atoms with Gasteiger partial charge in [0.05, 0.1) is 6.10 Å². The molecule has 0 radical (unpaired) electrons. The zero-order valence-electron chi connectivity index (χ0n) is 11.1. The molecule has 0 aliphatic rings. The van der Waals surface area contributed by atoms with Gasteiger partial charge in [0.2, 0.25) is 0 Å². The molecular formula is C14H22O3S. The van der Waals surface area contributed by atoms with Crippen molar-refractivity contribution < 1.29 is 12.6 Å². The molecule has 0 N–H and O–H groups in total. The Bertz CT molecular complexity index is 340. The minimum absolute atomic E-state index is 0.0357. The third-order valence-electron chi connectivity index (χ3n) is 2.61. The lowest BCUT2D eigenvalue weighted by atomic mass is 10.1. The summed E-state index contributed by atoms with van der Waals surface area (Å²) in [7, 11) is 0. The highest BCUT2D eigenvalue weighted by atomic mass is 32.2. The van der Waals surface area contributed by atoms with Crippen molar-refractivity contribution in [1.29, 1.82) is 0 Å². The topological polar surface area (TPSA) is 35.5 Å². The maximum Gasteiger partial charge on any atom is 0.360 e. The van der Waals surface area contributed by atoms with Crippen molar-refractivity contribution in [1.82, 2.24) is 0 Å². The van der Waals surface area contributed by atoms with E-state index in [1.165, 1.54) is 19.3 Å². The van der Waals surface area contributed by atoms with E-state index in [1.54, 1.807) is 12.1 Å². The standard InChI is InChI=1S/C14H22O3S/c1-3-4-5-7-10-13(2)16-18(15)17-14-11-8-6-9-12-14/h6,8-9,11-13H,3-5,7,10H2,1-2H3. The Kier molecular flexibility index (Phi) is 7.69. The highest BCUT2D eigenvalue weighted by molar-refractivity contribution is 7.75. The molecule has 18 heavy (non-hydrogen) atoms. The van der Waals surface area contributed by atoms with Crippen LogP contribution in [0.25, 0.3) is 0 Å². The van der Waals surface area contributed by atoms with Crippen LogP contribution in [0.15, 0.2) is 30.3 Å². The second-order valence-corrected chi connectivity index (χ2v) is 5.12. The van der Waals surface area contributed by atoms with Gasteiger partial charge in [-0.1, -0.05) is 50.8 Å². The molecule has 3 nitrogen and oxygen atoms in total. The van der Waals surface area contributed by atoms with Gasteiger partial charge >= 0.3 is 11.4 Å². The van der Waals surface area contributed by atoms with Crippen molar-refractivity contribution in [3.63, 3.8) is 0 Å². The summed E-state index contributed by atoms with van der Waals surface area (Å²) in [5, 5.41) is 0. The van der Waals surface area contributed by atoms with Crippen LogP contribution in [0, 0.1) is 0 Å². The molecule has 1 aromatic carbocycles. The molecule has 0 fully saturated rings. The Hall–Kier alpha value is -0.870. The van der Waals surface area contributed by atoms with Crippen molar-refractivity contribution in [2.24, 2.45) is 0 Å². The van der Waals surface area contributed by atoms with Gasteiger partial charge < -0.3 is 4.18 Å². The summed E-state index contributed by atoms with van der Waals surface area (Å²) in [6.45, 7) is 4.11. The van der Waals surface area contributed by atoms with E-state index in [4.69, 9.17) is 8.37 Å². The molecule has 102 valence electrons. The molecule has 1 aromatic rings. The zero-order valence-corrected chi connectivity index (χ0v) is 11.9. The molecule has 0 aliphatic heterocycles. The molecule has 0 amide bonds. The third kappa shape index (κ3) is 6.77. The molecule has 0 aliphatic carbocycles. The molecule has 0 saturated heterocycles. The van der Waals surface area contributed by atoms with Crippen LogP contribution in [-0.4, -0.2) is 10.3 Å². The van der Waals surface area contributed by atoms with E-state index < -0.39 is 11.4 Å². The zero-order chi connectivity index (χ0) is 13.2. The Balaban J connectivity index is 2.19. The molecule has 1 rings (SSSR count). The van der Waals surface area contributed by atoms with E-state index in [0.717, 1.165) is 12.8 Å². The van der Waals surface area contributed by atoms with Crippen molar-refractivity contribution in [3.05, 3.63) is 30.3 Å². The summed E-state index contributed by atoms with van der Waals surface area (Å²) in [6, 6.07) is 9.06. The van der Waals surface area contributed by atoms with Gasteiger partial charge in [0.1, 0.15) is 5.75 Å². The molecular weight excluding hydrogens is 248 g/mol. The summed E-state index contributed by atoms with van der Waals surface area (Å²) < 4.78 is 22.0. The van der Waals surface area contributed by atoms with Gasteiger partial charge in [-0.25, -0.2) is 0 Å². The molecule has 2 unspecified atom stereocenters. The molecule has 0 heterocycles. The van der Waals surface area contributed by atoms with Crippen molar-refractivity contribution >= 4 is 11.4 Å². The second-order valence-electron chi connectivity index (χ2n) is 4.36. The lowest BCUT2D eigenvalue weighted by Gasteiger charge is -2.11. The number of rotatable bonds is 9. The predicted molar refractivity (Wildman–Crippen MR) is 74.5 cm³/mol. The van der Waals surface area contributed by atoms with Gasteiger partial charge in [-0.15, -0.1) is 0 Å². The molecule has 0 bridgehead atoms. The number of hydrogen-bond donors (Lipinski definition) is 0. The van der Waals surface area contributed by atoms with Crippen LogP contribution >= 0.6 is 0 Å². The van der Waals surface area contributed by atoms with Crippen molar-refractivity contribution in [2.45, 2.75) is 52.1 Å². The Morgan fingerprint density at radius 1 is 1.17 bits per heavy atom. The van der Waals surface area contributed by atoms with Gasteiger partial charge in [-0.05, 0) is 25.5 Å². The fourth-order valence-corrected chi connectivity index (χ4v) is 2.29. The summed E-state index contributed by atoms with van der Waals surface area (Å²) in [6.07, 6.45) is 5.67. The average molecular weight is 270 g/mol. The van der Waals surface area contributed by atoms with Crippen molar-refractivity contribution in [2.75, 3.05) is 0 Å². The first-order chi connectivity index (χ1) is 8.72. The summed E-state index contributed by atoms with van der Waals surface area (Å²) in [4.78, 5) is 0. The molecule has 0 spiro atoms. The first-order valence-corrected chi connectivity index (χ1v) is 7.54. The SMILES string of the molecule is CCCCCCC(C)OS(=O)Oc1ccccc1. The van der Waals surface area contributed by atoms with E-state index in [1.807, 2.05) is 25.1 Å². The van der Waals surface area contributed by atoms with Gasteiger partial charge in [-0.3, -0.25) is 4.18 Å². The smallest absolute Gasteiger partial charge is 0.360 e. The number of para-hydroxylation sites is 1. The first-order valence-electron chi connectivity index (χ1n) is 6.54. The van der Waals surface area contributed by atoms with Crippen LogP contribution in [0.4, 0.5) is 0 Å². The van der Waals surface area contributed by atoms with E-state index >= 15 is 0 Å². The van der Waals surface area contributed by atoms with Crippen LogP contribution < -0.4 is 4.18 Å². The summed E-state index contributed by atoms with van der Waals surface area (Å²) in [5.74, 6) is 0.564. The molecule has 0 aromatic heterocycles. The lowest BCUT2D eigenvalue weighted by molar-refractivity contribution is 0.210. The third-order valence-corrected chi connectivity index (χ3v) is 3.43. The molecule has 0 saturated carbocycles. The maximum atomic E-state index is 11.6. The Morgan fingerprint density at radius 3 is 2.56 bits per heavy atom. The minimum atomic E-state index is -1.71. The average Bonchev–Trinajstić information content (AvgIpc) is 2.35. The Labute approximate surface area is 112 Å². The monoisotopic (exact) mass is 270 g/mol. The fraction of sp³-hybridized carbons (Fsp3) is 0.571. The molecule has 4 heteroatoms. The highest BCUT2D eigenvalue weighted by Gasteiger charge is 2.09. The first kappa shape index (κ1) is 15.2. The quantitative estimate of drug-likeness (QED) is 0.636.